The molecular formula is C28H32BrN7O3. The number of esters is 1. The number of hydrogen-bond acceptors (Lipinski definition) is 10. The summed E-state index contributed by atoms with van der Waals surface area (Å²) in [4.78, 5) is 31.2. The summed E-state index contributed by atoms with van der Waals surface area (Å²) in [5.41, 5.74) is 4.17. The minimum Gasteiger partial charge on any atom is -0.493 e. The van der Waals surface area contributed by atoms with Crippen molar-refractivity contribution in [1.82, 2.24) is 15.0 Å². The van der Waals surface area contributed by atoms with Gasteiger partial charge in [-0.15, -0.1) is 0 Å². The maximum absolute atomic E-state index is 12.6. The zero-order valence-electron chi connectivity index (χ0n) is 22.0. The summed E-state index contributed by atoms with van der Waals surface area (Å²) in [6, 6.07) is 12.3. The number of aromatic nitrogens is 3. The van der Waals surface area contributed by atoms with Gasteiger partial charge >= 0.3 is 5.97 Å². The van der Waals surface area contributed by atoms with Crippen molar-refractivity contribution in [1.29, 1.82) is 0 Å². The van der Waals surface area contributed by atoms with Crippen LogP contribution in [-0.4, -0.2) is 60.4 Å². The van der Waals surface area contributed by atoms with Crippen LogP contribution in [-0.2, 0) is 0 Å². The first-order valence-corrected chi connectivity index (χ1v) is 14.1. The fourth-order valence-corrected chi connectivity index (χ4v) is 5.12. The first-order valence-electron chi connectivity index (χ1n) is 13.3. The molecule has 0 bridgehead atoms. The number of piperidine rings is 2. The molecule has 2 fully saturated rings. The van der Waals surface area contributed by atoms with Gasteiger partial charge in [0.25, 0.3) is 0 Å². The second kappa shape index (κ2) is 12.9. The van der Waals surface area contributed by atoms with Crippen molar-refractivity contribution in [2.75, 3.05) is 48.5 Å². The highest BCUT2D eigenvalue weighted by Gasteiger charge is 2.20. The van der Waals surface area contributed by atoms with Gasteiger partial charge in [0.05, 0.1) is 18.9 Å². The molecule has 10 nitrogen and oxygen atoms in total. The normalized spacial score (nSPS) is 15.8. The zero-order chi connectivity index (χ0) is 27.0. The molecule has 0 amide bonds. The predicted octanol–water partition coefficient (Wildman–Crippen LogP) is 5.29. The summed E-state index contributed by atoms with van der Waals surface area (Å²) >= 11 is 3.38. The quantitative estimate of drug-likeness (QED) is 0.161. The molecule has 3 aromatic rings. The van der Waals surface area contributed by atoms with Gasteiger partial charge < -0.3 is 19.3 Å². The highest BCUT2D eigenvalue weighted by molar-refractivity contribution is 9.10. The van der Waals surface area contributed by atoms with E-state index in [0.29, 0.717) is 39.4 Å². The van der Waals surface area contributed by atoms with Gasteiger partial charge in [-0.1, -0.05) is 12.1 Å². The Bertz CT molecular complexity index is 1290. The Morgan fingerprint density at radius 3 is 2.15 bits per heavy atom. The number of anilines is 3. The number of halogens is 1. The van der Waals surface area contributed by atoms with Gasteiger partial charge in [-0.2, -0.15) is 20.1 Å². The van der Waals surface area contributed by atoms with E-state index in [-0.39, 0.29) is 0 Å². The van der Waals surface area contributed by atoms with E-state index in [0.717, 1.165) is 57.4 Å². The van der Waals surface area contributed by atoms with Crippen molar-refractivity contribution >= 4 is 46.0 Å². The first-order chi connectivity index (χ1) is 19.1. The first kappa shape index (κ1) is 26.9. The van der Waals surface area contributed by atoms with Gasteiger partial charge in [-0.25, -0.2) is 10.2 Å². The van der Waals surface area contributed by atoms with Gasteiger partial charge in [0.15, 0.2) is 11.5 Å². The van der Waals surface area contributed by atoms with Crippen LogP contribution in [0.15, 0.2) is 52.0 Å². The summed E-state index contributed by atoms with van der Waals surface area (Å²) in [6.07, 6.45) is 8.68. The lowest BCUT2D eigenvalue weighted by molar-refractivity contribution is 0.0728. The van der Waals surface area contributed by atoms with Gasteiger partial charge in [0, 0.05) is 30.7 Å². The Balaban J connectivity index is 1.31. The molecule has 0 aliphatic carbocycles. The van der Waals surface area contributed by atoms with Crippen LogP contribution in [0.1, 0.15) is 54.4 Å². The summed E-state index contributed by atoms with van der Waals surface area (Å²) in [7, 11) is 1.53. The van der Waals surface area contributed by atoms with Gasteiger partial charge in [-0.05, 0) is 90.4 Å². The highest BCUT2D eigenvalue weighted by atomic mass is 79.9. The molecule has 39 heavy (non-hydrogen) atoms. The van der Waals surface area contributed by atoms with Crippen LogP contribution in [0.3, 0.4) is 0 Å². The lowest BCUT2D eigenvalue weighted by Crippen LogP contribution is -2.34. The second-order valence-electron chi connectivity index (χ2n) is 9.50. The van der Waals surface area contributed by atoms with Gasteiger partial charge in [-0.3, -0.25) is 0 Å². The van der Waals surface area contributed by atoms with Crippen molar-refractivity contribution in [3.8, 4) is 11.5 Å². The van der Waals surface area contributed by atoms with Crippen molar-refractivity contribution < 1.29 is 14.3 Å². The third-order valence-electron chi connectivity index (χ3n) is 6.75. The Morgan fingerprint density at radius 1 is 0.897 bits per heavy atom. The number of carbonyl (C=O) groups is 1. The minimum absolute atomic E-state index is 0.318. The molecule has 0 unspecified atom stereocenters. The maximum Gasteiger partial charge on any atom is 0.344 e. The monoisotopic (exact) mass is 593 g/mol. The maximum atomic E-state index is 12.6. The highest BCUT2D eigenvalue weighted by Crippen LogP contribution is 2.29. The number of nitrogens with zero attached hydrogens (tertiary/aromatic N) is 6. The van der Waals surface area contributed by atoms with Crippen LogP contribution in [0.2, 0.25) is 0 Å². The molecule has 2 aromatic carbocycles. The molecule has 11 heteroatoms. The van der Waals surface area contributed by atoms with Crippen molar-refractivity contribution in [3.05, 3.63) is 58.1 Å². The van der Waals surface area contributed by atoms with Crippen molar-refractivity contribution in [2.24, 2.45) is 5.10 Å². The topological polar surface area (TPSA) is 105 Å². The number of nitrogens with one attached hydrogen (secondary N) is 1. The van der Waals surface area contributed by atoms with E-state index in [1.807, 2.05) is 6.07 Å². The van der Waals surface area contributed by atoms with E-state index in [1.165, 1.54) is 20.0 Å². The summed E-state index contributed by atoms with van der Waals surface area (Å²) in [5, 5.41) is 4.38. The molecule has 1 aromatic heterocycles. The molecule has 2 saturated heterocycles. The molecule has 1 N–H and O–H groups in total. The average molecular weight is 595 g/mol. The SMILES string of the molecule is COc1cc(/C=N/Nc2nc(N3CCCCC3)nc(N3CCCCC3)n2)ccc1OC(=O)c1ccccc1Br. The average Bonchev–Trinajstić information content (AvgIpc) is 2.98. The van der Waals surface area contributed by atoms with Crippen molar-refractivity contribution in [2.45, 2.75) is 38.5 Å². The van der Waals surface area contributed by atoms with Crippen LogP contribution in [0, 0.1) is 0 Å². The molecule has 0 spiro atoms. The van der Waals surface area contributed by atoms with Crippen LogP contribution in [0.4, 0.5) is 17.8 Å². The summed E-state index contributed by atoms with van der Waals surface area (Å²) in [5.74, 6) is 2.06. The molecule has 5 rings (SSSR count). The molecule has 2 aliphatic heterocycles. The number of rotatable bonds is 8. The number of hydrazone groups is 1. The Kier molecular flexibility index (Phi) is 8.87. The zero-order valence-corrected chi connectivity index (χ0v) is 23.6. The fraction of sp³-hybridized carbons (Fsp3) is 0.393. The van der Waals surface area contributed by atoms with Crippen LogP contribution in [0.25, 0.3) is 0 Å². The lowest BCUT2D eigenvalue weighted by Gasteiger charge is -2.30. The van der Waals surface area contributed by atoms with Gasteiger partial charge in [0.1, 0.15) is 0 Å². The molecule has 3 heterocycles. The Labute approximate surface area is 236 Å². The van der Waals surface area contributed by atoms with Crippen molar-refractivity contribution in [3.63, 3.8) is 0 Å². The molecule has 2 aliphatic rings. The van der Waals surface area contributed by atoms with E-state index in [4.69, 9.17) is 14.5 Å². The minimum atomic E-state index is -0.479. The standard InChI is InChI=1S/C28H32BrN7O3/c1-38-24-18-20(12-13-23(24)39-25(37)21-10-4-5-11-22(21)29)19-30-34-26-31-27(35-14-6-2-7-15-35)33-28(32-26)36-16-8-3-9-17-36/h4-5,10-13,18-19H,2-3,6-9,14-17H2,1H3,(H,31,32,33,34)/b30-19+. The molecular weight excluding hydrogens is 562 g/mol. The van der Waals surface area contributed by atoms with E-state index >= 15 is 0 Å². The number of methoxy groups -OCH3 is 1. The van der Waals surface area contributed by atoms with Crippen LogP contribution < -0.4 is 24.7 Å². The predicted molar refractivity (Wildman–Crippen MR) is 155 cm³/mol. The summed E-state index contributed by atoms with van der Waals surface area (Å²) in [6.45, 7) is 3.79. The Morgan fingerprint density at radius 2 is 1.54 bits per heavy atom. The van der Waals surface area contributed by atoms with E-state index in [1.54, 1.807) is 42.6 Å². The molecule has 0 atom stereocenters. The lowest BCUT2D eigenvalue weighted by atomic mass is 10.1. The number of benzene rings is 2. The van der Waals surface area contributed by atoms with Crippen LogP contribution in [0.5, 0.6) is 11.5 Å². The van der Waals surface area contributed by atoms with E-state index < -0.39 is 5.97 Å². The van der Waals surface area contributed by atoms with Crippen LogP contribution >= 0.6 is 15.9 Å². The largest absolute Gasteiger partial charge is 0.493 e. The number of hydrogen-bond donors (Lipinski definition) is 1. The number of ether oxygens (including phenoxy) is 2. The third-order valence-corrected chi connectivity index (χ3v) is 7.44. The third kappa shape index (κ3) is 6.83. The second-order valence-corrected chi connectivity index (χ2v) is 10.4. The molecule has 0 radical (unpaired) electrons. The molecule has 204 valence electrons. The molecule has 0 saturated carbocycles. The van der Waals surface area contributed by atoms with Gasteiger partial charge in [0.2, 0.25) is 17.8 Å². The van der Waals surface area contributed by atoms with E-state index in [2.05, 4.69) is 46.2 Å². The summed E-state index contributed by atoms with van der Waals surface area (Å²) < 4.78 is 11.7. The van der Waals surface area contributed by atoms with E-state index in [9.17, 15) is 4.79 Å². The fourth-order valence-electron chi connectivity index (χ4n) is 4.67. The Hall–Kier alpha value is -3.73. The number of carbonyl (C=O) groups excluding carboxylic acids is 1. The smallest absolute Gasteiger partial charge is 0.344 e.